The second-order valence-corrected chi connectivity index (χ2v) is 8.59. The zero-order chi connectivity index (χ0) is 24.4. The first kappa shape index (κ1) is 22.6. The number of nitrogens with one attached hydrogen (secondary N) is 2. The minimum absolute atomic E-state index is 0.112. The molecule has 1 aliphatic rings. The van der Waals surface area contributed by atoms with Gasteiger partial charge < -0.3 is 24.8 Å². The van der Waals surface area contributed by atoms with Crippen molar-refractivity contribution >= 4 is 34.6 Å². The fraction of sp³-hybridized carbons (Fsp3) is 0.148. The molecule has 1 saturated heterocycles. The SMILES string of the molecule is COc1ccccc1-n1cccc1[C@@H]1[C@H](c2ccccn2)NC(=S)N1c1ccc(NC(C)=O)cc1. The van der Waals surface area contributed by atoms with Crippen molar-refractivity contribution in [2.45, 2.75) is 19.0 Å². The molecule has 3 heterocycles. The number of hydrogen-bond donors (Lipinski definition) is 2. The second-order valence-electron chi connectivity index (χ2n) is 8.20. The highest BCUT2D eigenvalue weighted by Crippen LogP contribution is 2.43. The van der Waals surface area contributed by atoms with Crippen molar-refractivity contribution in [1.82, 2.24) is 14.9 Å². The monoisotopic (exact) mass is 483 g/mol. The van der Waals surface area contributed by atoms with E-state index in [0.29, 0.717) is 5.11 Å². The van der Waals surface area contributed by atoms with Crippen LogP contribution < -0.4 is 20.3 Å². The Morgan fingerprint density at radius 1 is 1.03 bits per heavy atom. The van der Waals surface area contributed by atoms with E-state index < -0.39 is 0 Å². The Morgan fingerprint density at radius 2 is 1.80 bits per heavy atom. The van der Waals surface area contributed by atoms with Crippen LogP contribution in [0.4, 0.5) is 11.4 Å². The molecule has 1 fully saturated rings. The summed E-state index contributed by atoms with van der Waals surface area (Å²) in [6, 6.07) is 25.3. The molecule has 7 nitrogen and oxygen atoms in total. The van der Waals surface area contributed by atoms with Crippen molar-refractivity contribution in [2.75, 3.05) is 17.3 Å². The number of para-hydroxylation sites is 2. The number of ether oxygens (including phenoxy) is 1. The van der Waals surface area contributed by atoms with Crippen LogP contribution in [-0.4, -0.2) is 27.7 Å². The molecule has 0 radical (unpaired) electrons. The summed E-state index contributed by atoms with van der Waals surface area (Å²) in [5.41, 5.74) is 4.50. The molecule has 2 N–H and O–H groups in total. The minimum atomic E-state index is -0.191. The van der Waals surface area contributed by atoms with E-state index >= 15 is 0 Å². The van der Waals surface area contributed by atoms with Crippen LogP contribution >= 0.6 is 12.2 Å². The molecule has 176 valence electrons. The second kappa shape index (κ2) is 9.60. The first-order chi connectivity index (χ1) is 17.1. The Bertz CT molecular complexity index is 1350. The standard InChI is InChI=1S/C27H25N5O2S/c1-18(33)29-19-12-14-20(15-13-19)32-26(25(30-27(32)35)21-8-5-6-16-28-21)23-10-7-17-31(23)22-9-3-4-11-24(22)34-2/h3-17,25-26H,1-2H3,(H,29,33)(H,30,35)/t25-,26+/m0/s1. The van der Waals surface area contributed by atoms with Gasteiger partial charge in [0.25, 0.3) is 0 Å². The fourth-order valence-electron chi connectivity index (χ4n) is 4.53. The van der Waals surface area contributed by atoms with E-state index in [2.05, 4.69) is 31.2 Å². The molecule has 5 rings (SSSR count). The van der Waals surface area contributed by atoms with Gasteiger partial charge in [0.05, 0.1) is 24.5 Å². The van der Waals surface area contributed by atoms with Gasteiger partial charge in [0.1, 0.15) is 11.8 Å². The third kappa shape index (κ3) is 4.36. The summed E-state index contributed by atoms with van der Waals surface area (Å²) in [5.74, 6) is 0.665. The van der Waals surface area contributed by atoms with Crippen LogP contribution in [0.25, 0.3) is 5.69 Å². The zero-order valence-electron chi connectivity index (χ0n) is 19.4. The number of pyridine rings is 1. The van der Waals surface area contributed by atoms with Crippen LogP contribution in [0.1, 0.15) is 30.4 Å². The number of rotatable bonds is 6. The third-order valence-corrected chi connectivity index (χ3v) is 6.31. The summed E-state index contributed by atoms with van der Waals surface area (Å²) in [6.45, 7) is 1.49. The summed E-state index contributed by atoms with van der Waals surface area (Å²) >= 11 is 5.85. The van der Waals surface area contributed by atoms with Gasteiger partial charge in [-0.25, -0.2) is 0 Å². The summed E-state index contributed by atoms with van der Waals surface area (Å²) in [7, 11) is 1.67. The lowest BCUT2D eigenvalue weighted by Gasteiger charge is -2.29. The number of anilines is 2. The molecule has 35 heavy (non-hydrogen) atoms. The van der Waals surface area contributed by atoms with Crippen LogP contribution in [0, 0.1) is 0 Å². The van der Waals surface area contributed by atoms with Gasteiger partial charge in [-0.2, -0.15) is 0 Å². The number of benzene rings is 2. The van der Waals surface area contributed by atoms with Gasteiger partial charge in [-0.1, -0.05) is 18.2 Å². The Labute approximate surface area is 209 Å². The molecule has 1 amide bonds. The zero-order valence-corrected chi connectivity index (χ0v) is 20.2. The van der Waals surface area contributed by atoms with E-state index in [1.807, 2.05) is 79.0 Å². The molecular weight excluding hydrogens is 458 g/mol. The van der Waals surface area contributed by atoms with Crippen molar-refractivity contribution in [2.24, 2.45) is 0 Å². The first-order valence-electron chi connectivity index (χ1n) is 11.3. The lowest BCUT2D eigenvalue weighted by atomic mass is 10.0. The normalized spacial score (nSPS) is 17.2. The van der Waals surface area contributed by atoms with E-state index in [-0.39, 0.29) is 18.0 Å². The molecule has 0 saturated carbocycles. The molecule has 0 unspecified atom stereocenters. The van der Waals surface area contributed by atoms with E-state index in [9.17, 15) is 4.79 Å². The van der Waals surface area contributed by atoms with Gasteiger partial charge in [-0.05, 0) is 72.9 Å². The van der Waals surface area contributed by atoms with Gasteiger partial charge >= 0.3 is 0 Å². The summed E-state index contributed by atoms with van der Waals surface area (Å²) in [5, 5.41) is 6.91. The average Bonchev–Trinajstić information content (AvgIpc) is 3.49. The largest absolute Gasteiger partial charge is 0.495 e. The number of nitrogens with zero attached hydrogens (tertiary/aromatic N) is 3. The lowest BCUT2D eigenvalue weighted by molar-refractivity contribution is -0.114. The molecular formula is C27H25N5O2S. The smallest absolute Gasteiger partial charge is 0.221 e. The number of carbonyl (C=O) groups excluding carboxylic acids is 1. The molecule has 1 aliphatic heterocycles. The van der Waals surface area contributed by atoms with Crippen LogP contribution in [-0.2, 0) is 4.79 Å². The highest BCUT2D eigenvalue weighted by atomic mass is 32.1. The number of thiocarbonyl (C=S) groups is 1. The summed E-state index contributed by atoms with van der Waals surface area (Å²) in [4.78, 5) is 18.2. The van der Waals surface area contributed by atoms with E-state index in [4.69, 9.17) is 17.0 Å². The van der Waals surface area contributed by atoms with Crippen molar-refractivity contribution in [3.05, 3.63) is 103 Å². The maximum Gasteiger partial charge on any atom is 0.221 e. The molecule has 2 atom stereocenters. The molecule has 0 bridgehead atoms. The van der Waals surface area contributed by atoms with Crippen LogP contribution in [0.3, 0.4) is 0 Å². The average molecular weight is 484 g/mol. The quantitative estimate of drug-likeness (QED) is 0.376. The molecule has 0 spiro atoms. The number of aromatic nitrogens is 2. The van der Waals surface area contributed by atoms with Crippen molar-refractivity contribution in [1.29, 1.82) is 0 Å². The van der Waals surface area contributed by atoms with Crippen molar-refractivity contribution < 1.29 is 9.53 Å². The molecule has 0 aliphatic carbocycles. The van der Waals surface area contributed by atoms with Crippen molar-refractivity contribution in [3.63, 3.8) is 0 Å². The van der Waals surface area contributed by atoms with Gasteiger partial charge in [-0.3, -0.25) is 9.78 Å². The van der Waals surface area contributed by atoms with Gasteiger partial charge in [0.2, 0.25) is 5.91 Å². The maximum atomic E-state index is 11.5. The predicted octanol–water partition coefficient (Wildman–Crippen LogP) is 5.02. The van der Waals surface area contributed by atoms with Crippen LogP contribution in [0.2, 0.25) is 0 Å². The van der Waals surface area contributed by atoms with Gasteiger partial charge in [-0.15, -0.1) is 0 Å². The van der Waals surface area contributed by atoms with E-state index in [0.717, 1.165) is 34.2 Å². The molecule has 2 aromatic carbocycles. The topological polar surface area (TPSA) is 71.4 Å². The maximum absolute atomic E-state index is 11.5. The van der Waals surface area contributed by atoms with E-state index in [1.165, 1.54) is 6.92 Å². The Kier molecular flexibility index (Phi) is 6.20. The predicted molar refractivity (Wildman–Crippen MR) is 141 cm³/mol. The first-order valence-corrected chi connectivity index (χ1v) is 11.7. The minimum Gasteiger partial charge on any atom is -0.495 e. The number of amides is 1. The Balaban J connectivity index is 1.63. The lowest BCUT2D eigenvalue weighted by Crippen LogP contribution is -2.30. The van der Waals surface area contributed by atoms with Gasteiger partial charge in [0.15, 0.2) is 5.11 Å². The van der Waals surface area contributed by atoms with E-state index in [1.54, 1.807) is 13.3 Å². The molecule has 4 aromatic rings. The van der Waals surface area contributed by atoms with Crippen molar-refractivity contribution in [3.8, 4) is 11.4 Å². The molecule has 8 heteroatoms. The van der Waals surface area contributed by atoms with Crippen LogP contribution in [0.5, 0.6) is 5.75 Å². The number of methoxy groups -OCH3 is 1. The highest BCUT2D eigenvalue weighted by Gasteiger charge is 2.42. The van der Waals surface area contributed by atoms with Gasteiger partial charge in [0, 0.05) is 36.4 Å². The number of carbonyl (C=O) groups is 1. The Hall–Kier alpha value is -4.17. The summed E-state index contributed by atoms with van der Waals surface area (Å²) < 4.78 is 7.79. The van der Waals surface area contributed by atoms with Crippen LogP contribution in [0.15, 0.2) is 91.3 Å². The Morgan fingerprint density at radius 3 is 2.51 bits per heavy atom. The fourth-order valence-corrected chi connectivity index (χ4v) is 4.87. The highest BCUT2D eigenvalue weighted by molar-refractivity contribution is 7.80. The summed E-state index contributed by atoms with van der Waals surface area (Å²) in [6.07, 6.45) is 3.82. The number of hydrogen-bond acceptors (Lipinski definition) is 4. The third-order valence-electron chi connectivity index (χ3n) is 5.99. The molecule has 2 aromatic heterocycles.